The third-order valence-electron chi connectivity index (χ3n) is 5.06. The van der Waals surface area contributed by atoms with Gasteiger partial charge < -0.3 is 5.11 Å². The number of carboxylic acid groups (broad SMARTS) is 1. The largest absolute Gasteiger partial charge is 0.478 e. The highest BCUT2D eigenvalue weighted by molar-refractivity contribution is 5.89. The average Bonchev–Trinajstić information content (AvgIpc) is 2.65. The maximum atomic E-state index is 11.6. The molecule has 140 valence electrons. The molecule has 1 aromatic carbocycles. The van der Waals surface area contributed by atoms with Crippen LogP contribution >= 0.6 is 0 Å². The highest BCUT2D eigenvalue weighted by Crippen LogP contribution is 2.17. The van der Waals surface area contributed by atoms with Gasteiger partial charge in [-0.25, -0.2) is 4.79 Å². The molecule has 0 aliphatic rings. The van der Waals surface area contributed by atoms with E-state index in [-0.39, 0.29) is 0 Å². The van der Waals surface area contributed by atoms with Crippen LogP contribution in [-0.2, 0) is 6.42 Å². The number of aromatic carboxylic acids is 1. The molecule has 0 unspecified atom stereocenters. The van der Waals surface area contributed by atoms with Crippen molar-refractivity contribution < 1.29 is 14.5 Å². The minimum atomic E-state index is -0.831. The predicted molar refractivity (Wildman–Crippen MR) is 106 cm³/mol. The van der Waals surface area contributed by atoms with Crippen LogP contribution in [-0.4, -0.2) is 11.1 Å². The molecule has 0 radical (unpaired) electrons. The molecule has 1 N–H and O–H groups in total. The Kier molecular flexibility index (Phi) is 8.33. The van der Waals surface area contributed by atoms with Crippen molar-refractivity contribution in [1.82, 2.24) is 0 Å². The van der Waals surface area contributed by atoms with Crippen molar-refractivity contribution in [3.8, 4) is 5.69 Å². The van der Waals surface area contributed by atoms with Crippen LogP contribution in [0.15, 0.2) is 42.6 Å². The second-order valence-electron chi connectivity index (χ2n) is 7.03. The lowest BCUT2D eigenvalue weighted by molar-refractivity contribution is -0.603. The van der Waals surface area contributed by atoms with Gasteiger partial charge in [0, 0.05) is 30.7 Å². The van der Waals surface area contributed by atoms with Crippen LogP contribution in [0.2, 0.25) is 0 Å². The van der Waals surface area contributed by atoms with E-state index in [1.165, 1.54) is 44.9 Å². The van der Waals surface area contributed by atoms with Crippen molar-refractivity contribution >= 4 is 5.97 Å². The summed E-state index contributed by atoms with van der Waals surface area (Å²) >= 11 is 0. The first-order valence-corrected chi connectivity index (χ1v) is 9.98. The third kappa shape index (κ3) is 5.69. The number of benzene rings is 1. The van der Waals surface area contributed by atoms with Crippen molar-refractivity contribution in [2.75, 3.05) is 0 Å². The van der Waals surface area contributed by atoms with E-state index in [0.717, 1.165) is 29.8 Å². The lowest BCUT2D eigenvalue weighted by Crippen LogP contribution is -2.36. The minimum absolute atomic E-state index is 0.442. The monoisotopic (exact) mass is 354 g/mol. The topological polar surface area (TPSA) is 41.2 Å². The molecule has 0 saturated heterocycles. The molecule has 0 spiro atoms. The van der Waals surface area contributed by atoms with Crippen molar-refractivity contribution in [2.24, 2.45) is 0 Å². The smallest absolute Gasteiger partial charge is 0.336 e. The number of para-hydroxylation sites is 1. The molecule has 26 heavy (non-hydrogen) atoms. The zero-order valence-electron chi connectivity index (χ0n) is 16.2. The summed E-state index contributed by atoms with van der Waals surface area (Å²) in [5.41, 5.74) is 3.51. The zero-order valence-corrected chi connectivity index (χ0v) is 16.2. The number of carbonyl (C=O) groups is 1. The Bertz CT molecular complexity index is 695. The molecule has 1 heterocycles. The number of hydrogen-bond donors (Lipinski definition) is 1. The van der Waals surface area contributed by atoms with E-state index in [1.807, 2.05) is 43.5 Å². The van der Waals surface area contributed by atoms with Crippen LogP contribution in [0, 0.1) is 6.92 Å². The number of hydrogen-bond acceptors (Lipinski definition) is 1. The molecule has 0 amide bonds. The van der Waals surface area contributed by atoms with Crippen LogP contribution in [0.5, 0.6) is 0 Å². The number of rotatable bonds is 11. The molecular formula is C23H32NO2+. The summed E-state index contributed by atoms with van der Waals surface area (Å²) in [6.07, 6.45) is 12.7. The molecule has 3 nitrogen and oxygen atoms in total. The number of aromatic nitrogens is 1. The number of unbranched alkanes of at least 4 members (excludes halogenated alkanes) is 7. The van der Waals surface area contributed by atoms with Crippen molar-refractivity contribution in [1.29, 1.82) is 0 Å². The highest BCUT2D eigenvalue weighted by atomic mass is 16.4. The van der Waals surface area contributed by atoms with Gasteiger partial charge in [-0.15, -0.1) is 0 Å². The first-order valence-electron chi connectivity index (χ1n) is 9.98. The van der Waals surface area contributed by atoms with E-state index in [0.29, 0.717) is 5.56 Å². The molecule has 2 rings (SSSR count). The van der Waals surface area contributed by atoms with Gasteiger partial charge in [0.2, 0.25) is 5.69 Å². The zero-order chi connectivity index (χ0) is 18.8. The first-order chi connectivity index (χ1) is 12.6. The minimum Gasteiger partial charge on any atom is -0.478 e. The average molecular weight is 355 g/mol. The normalized spacial score (nSPS) is 10.8. The van der Waals surface area contributed by atoms with Gasteiger partial charge in [0.15, 0.2) is 11.9 Å². The van der Waals surface area contributed by atoms with Gasteiger partial charge in [-0.3, -0.25) is 0 Å². The van der Waals surface area contributed by atoms with Crippen molar-refractivity contribution in [3.63, 3.8) is 0 Å². The number of carboxylic acids is 1. The lowest BCUT2D eigenvalue weighted by atomic mass is 9.98. The molecule has 0 saturated carbocycles. The van der Waals surface area contributed by atoms with Gasteiger partial charge in [0.1, 0.15) is 0 Å². The third-order valence-corrected chi connectivity index (χ3v) is 5.06. The molecule has 0 atom stereocenters. The first kappa shape index (κ1) is 20.2. The molecule has 2 aromatic rings. The molecule has 0 fully saturated rings. The van der Waals surface area contributed by atoms with E-state index in [2.05, 4.69) is 11.5 Å². The molecule has 0 aliphatic carbocycles. The quantitative estimate of drug-likeness (QED) is 0.418. The van der Waals surface area contributed by atoms with E-state index in [4.69, 9.17) is 0 Å². The Morgan fingerprint density at radius 1 is 0.923 bits per heavy atom. The van der Waals surface area contributed by atoms with Gasteiger partial charge in [-0.05, 0) is 12.8 Å². The Labute approximate surface area is 157 Å². The van der Waals surface area contributed by atoms with Crippen LogP contribution in [0.1, 0.15) is 79.9 Å². The summed E-state index contributed by atoms with van der Waals surface area (Å²) in [4.78, 5) is 11.6. The van der Waals surface area contributed by atoms with Gasteiger partial charge in [-0.2, -0.15) is 4.57 Å². The fraction of sp³-hybridized carbons (Fsp3) is 0.478. The lowest BCUT2D eigenvalue weighted by Gasteiger charge is -2.09. The fourth-order valence-corrected chi connectivity index (χ4v) is 3.52. The summed E-state index contributed by atoms with van der Waals surface area (Å²) in [6.45, 7) is 4.27. The van der Waals surface area contributed by atoms with Crippen LogP contribution < -0.4 is 4.57 Å². The molecule has 3 heteroatoms. The van der Waals surface area contributed by atoms with E-state index in [9.17, 15) is 9.90 Å². The Morgan fingerprint density at radius 2 is 1.54 bits per heavy atom. The number of pyridine rings is 1. The van der Waals surface area contributed by atoms with E-state index >= 15 is 0 Å². The SMILES string of the molecule is CCCCCCCCCCc1c(C(=O)O)cc[n+](-c2ccccc2)c1C. The predicted octanol–water partition coefficient (Wildman–Crippen LogP) is 5.65. The van der Waals surface area contributed by atoms with Crippen molar-refractivity contribution in [3.05, 3.63) is 59.4 Å². The Hall–Kier alpha value is -2.16. The Balaban J connectivity index is 2.02. The molecular weight excluding hydrogens is 322 g/mol. The van der Waals surface area contributed by atoms with E-state index < -0.39 is 5.97 Å². The fourth-order valence-electron chi connectivity index (χ4n) is 3.52. The molecule has 1 aromatic heterocycles. The summed E-state index contributed by atoms with van der Waals surface area (Å²) in [5.74, 6) is -0.831. The number of nitrogens with zero attached hydrogens (tertiary/aromatic N) is 1. The van der Waals surface area contributed by atoms with Crippen LogP contribution in [0.4, 0.5) is 0 Å². The summed E-state index contributed by atoms with van der Waals surface area (Å²) in [6, 6.07) is 11.8. The van der Waals surface area contributed by atoms with Gasteiger partial charge in [-0.1, -0.05) is 70.1 Å². The van der Waals surface area contributed by atoms with Gasteiger partial charge >= 0.3 is 5.97 Å². The standard InChI is InChI=1S/C23H31NO2/c1-3-4-5-6-7-8-9-13-16-21-19(2)24(18-17-22(21)23(25)26)20-14-11-10-12-15-20/h10-12,14-15,17-18H,3-9,13,16H2,1-2H3/p+1. The maximum Gasteiger partial charge on any atom is 0.336 e. The summed E-state index contributed by atoms with van der Waals surface area (Å²) in [5, 5.41) is 9.57. The molecule has 0 aliphatic heterocycles. The summed E-state index contributed by atoms with van der Waals surface area (Å²) < 4.78 is 2.09. The van der Waals surface area contributed by atoms with Crippen molar-refractivity contribution in [2.45, 2.75) is 71.6 Å². The summed E-state index contributed by atoms with van der Waals surface area (Å²) in [7, 11) is 0. The van der Waals surface area contributed by atoms with Gasteiger partial charge in [0.05, 0.1) is 5.56 Å². The second-order valence-corrected chi connectivity index (χ2v) is 7.03. The second kappa shape index (κ2) is 10.7. The van der Waals surface area contributed by atoms with Gasteiger partial charge in [0.25, 0.3) is 0 Å². The van der Waals surface area contributed by atoms with E-state index in [1.54, 1.807) is 6.07 Å². The highest BCUT2D eigenvalue weighted by Gasteiger charge is 2.21. The maximum absolute atomic E-state index is 11.6. The van der Waals surface area contributed by atoms with Crippen LogP contribution in [0.25, 0.3) is 5.69 Å². The molecule has 0 bridgehead atoms. The van der Waals surface area contributed by atoms with Crippen LogP contribution in [0.3, 0.4) is 0 Å². The Morgan fingerprint density at radius 3 is 2.15 bits per heavy atom.